The minimum Gasteiger partial charge on any atom is -0.459 e. The monoisotopic (exact) mass is 446 g/mol. The maximum Gasteiger partial charge on any atom is 0.338 e. The number of nitrogens with two attached hydrogens (primary N) is 1. The highest BCUT2D eigenvalue weighted by atomic mass is 35.5. The van der Waals surface area contributed by atoms with Crippen LogP contribution in [0.15, 0.2) is 36.4 Å². The van der Waals surface area contributed by atoms with E-state index in [1.54, 1.807) is 36.4 Å². The first kappa shape index (κ1) is 20.5. The van der Waals surface area contributed by atoms with Gasteiger partial charge >= 0.3 is 12.0 Å². The molecule has 7 nitrogen and oxygen atoms in total. The molecule has 1 amide bonds. The minimum atomic E-state index is -0.735. The number of benzene rings is 2. The number of carbonyl (C=O) groups excluding carboxylic acids is 2. The first-order chi connectivity index (χ1) is 14.4. The molecule has 0 radical (unpaired) electrons. The number of hydrogen-bond acceptors (Lipinski definition) is 5. The third kappa shape index (κ3) is 4.08. The zero-order valence-corrected chi connectivity index (χ0v) is 17.5. The van der Waals surface area contributed by atoms with Crippen LogP contribution in [0, 0.1) is 0 Å². The number of rotatable bonds is 4. The summed E-state index contributed by atoms with van der Waals surface area (Å²) in [6.07, 6.45) is 5.04. The molecule has 3 aromatic rings. The Bertz CT molecular complexity index is 1100. The van der Waals surface area contributed by atoms with Gasteiger partial charge in [-0.05, 0) is 56.0 Å². The molecule has 4 rings (SSSR count). The van der Waals surface area contributed by atoms with Crippen molar-refractivity contribution >= 4 is 57.9 Å². The molecule has 3 N–H and O–H groups in total. The average molecular weight is 447 g/mol. The molecule has 0 atom stereocenters. The van der Waals surface area contributed by atoms with Crippen molar-refractivity contribution < 1.29 is 14.3 Å². The lowest BCUT2D eigenvalue weighted by Gasteiger charge is -2.21. The number of hydrogen-bond donors (Lipinski definition) is 2. The number of para-hydroxylation sites is 1. The Morgan fingerprint density at radius 3 is 2.47 bits per heavy atom. The molecule has 0 bridgehead atoms. The SMILES string of the molecule is NC(=O)n1c(Nc2c(Cl)cccc2Cl)nc2cc(C(=O)OC3CCCCC3)ccc21. The van der Waals surface area contributed by atoms with Crippen LogP contribution in [0.25, 0.3) is 11.0 Å². The fraction of sp³-hybridized carbons (Fsp3) is 0.286. The number of anilines is 2. The van der Waals surface area contributed by atoms with Gasteiger partial charge in [0.2, 0.25) is 5.95 Å². The molecule has 9 heteroatoms. The molecule has 1 aliphatic carbocycles. The van der Waals surface area contributed by atoms with Crippen molar-refractivity contribution in [3.8, 4) is 0 Å². The van der Waals surface area contributed by atoms with E-state index in [-0.39, 0.29) is 12.1 Å². The van der Waals surface area contributed by atoms with Crippen molar-refractivity contribution in [2.45, 2.75) is 38.2 Å². The van der Waals surface area contributed by atoms with Gasteiger partial charge < -0.3 is 15.8 Å². The van der Waals surface area contributed by atoms with Crippen LogP contribution in [0.5, 0.6) is 0 Å². The molecule has 156 valence electrons. The van der Waals surface area contributed by atoms with Gasteiger partial charge in [0.05, 0.1) is 32.3 Å². The van der Waals surface area contributed by atoms with Gasteiger partial charge in [-0.3, -0.25) is 0 Å². The van der Waals surface area contributed by atoms with Crippen molar-refractivity contribution in [3.63, 3.8) is 0 Å². The molecule has 1 fully saturated rings. The number of fused-ring (bicyclic) bond motifs is 1. The fourth-order valence-corrected chi connectivity index (χ4v) is 4.14. The van der Waals surface area contributed by atoms with Gasteiger partial charge in [-0.1, -0.05) is 35.7 Å². The zero-order chi connectivity index (χ0) is 21.3. The van der Waals surface area contributed by atoms with Crippen molar-refractivity contribution in [1.82, 2.24) is 9.55 Å². The zero-order valence-electron chi connectivity index (χ0n) is 16.0. The summed E-state index contributed by atoms with van der Waals surface area (Å²) in [4.78, 5) is 29.1. The summed E-state index contributed by atoms with van der Waals surface area (Å²) >= 11 is 12.4. The van der Waals surface area contributed by atoms with Gasteiger partial charge in [0.1, 0.15) is 6.10 Å². The minimum absolute atomic E-state index is 0.0512. The molecule has 1 heterocycles. The summed E-state index contributed by atoms with van der Waals surface area (Å²) in [5.41, 5.74) is 7.19. The number of amides is 1. The summed E-state index contributed by atoms with van der Waals surface area (Å²) in [5, 5.41) is 3.69. The summed E-state index contributed by atoms with van der Waals surface area (Å²) in [7, 11) is 0. The maximum atomic E-state index is 12.6. The van der Waals surface area contributed by atoms with E-state index in [0.717, 1.165) is 25.7 Å². The van der Waals surface area contributed by atoms with Crippen LogP contribution in [0.1, 0.15) is 42.5 Å². The third-order valence-electron chi connectivity index (χ3n) is 5.14. The molecule has 0 saturated heterocycles. The van der Waals surface area contributed by atoms with Gasteiger partial charge in [0, 0.05) is 0 Å². The van der Waals surface area contributed by atoms with Crippen molar-refractivity contribution in [2.75, 3.05) is 5.32 Å². The van der Waals surface area contributed by atoms with E-state index in [9.17, 15) is 9.59 Å². The lowest BCUT2D eigenvalue weighted by molar-refractivity contribution is 0.0211. The van der Waals surface area contributed by atoms with Crippen molar-refractivity contribution in [2.24, 2.45) is 5.73 Å². The lowest BCUT2D eigenvalue weighted by Crippen LogP contribution is -2.21. The molecule has 1 aliphatic rings. The predicted molar refractivity (Wildman–Crippen MR) is 117 cm³/mol. The van der Waals surface area contributed by atoms with E-state index in [1.807, 2.05) is 0 Å². The maximum absolute atomic E-state index is 12.6. The van der Waals surface area contributed by atoms with E-state index >= 15 is 0 Å². The molecule has 30 heavy (non-hydrogen) atoms. The summed E-state index contributed by atoms with van der Waals surface area (Å²) in [6.45, 7) is 0. The van der Waals surface area contributed by atoms with Crippen LogP contribution in [0.2, 0.25) is 10.0 Å². The van der Waals surface area contributed by atoms with Crippen molar-refractivity contribution in [1.29, 1.82) is 0 Å². The number of imidazole rings is 1. The van der Waals surface area contributed by atoms with Crippen LogP contribution < -0.4 is 11.1 Å². The molecule has 0 aliphatic heterocycles. The smallest absolute Gasteiger partial charge is 0.338 e. The highest BCUT2D eigenvalue weighted by Crippen LogP contribution is 2.33. The lowest BCUT2D eigenvalue weighted by atomic mass is 9.98. The second kappa shape index (κ2) is 8.53. The van der Waals surface area contributed by atoms with Crippen LogP contribution in [0.4, 0.5) is 16.4 Å². The van der Waals surface area contributed by atoms with E-state index < -0.39 is 12.0 Å². The molecular weight excluding hydrogens is 427 g/mol. The van der Waals surface area contributed by atoms with Crippen molar-refractivity contribution in [3.05, 3.63) is 52.0 Å². The fourth-order valence-electron chi connectivity index (χ4n) is 3.65. The number of ether oxygens (including phenoxy) is 1. The number of nitrogens with one attached hydrogen (secondary N) is 1. The topological polar surface area (TPSA) is 99.2 Å². The number of carbonyl (C=O) groups is 2. The molecule has 2 aromatic carbocycles. The third-order valence-corrected chi connectivity index (χ3v) is 5.77. The van der Waals surface area contributed by atoms with Crippen LogP contribution in [-0.4, -0.2) is 27.7 Å². The molecule has 0 unspecified atom stereocenters. The number of nitrogens with zero attached hydrogens (tertiary/aromatic N) is 2. The van der Waals surface area contributed by atoms with E-state index in [1.165, 1.54) is 11.0 Å². The molecular formula is C21H20Cl2N4O3. The summed E-state index contributed by atoms with van der Waals surface area (Å²) in [5.74, 6) is -0.258. The molecule has 1 aromatic heterocycles. The average Bonchev–Trinajstić information content (AvgIpc) is 3.09. The second-order valence-corrected chi connectivity index (χ2v) is 8.01. The largest absolute Gasteiger partial charge is 0.459 e. The Hall–Kier alpha value is -2.77. The number of esters is 1. The quantitative estimate of drug-likeness (QED) is 0.515. The number of halogens is 2. The highest BCUT2D eigenvalue weighted by molar-refractivity contribution is 6.39. The van der Waals surface area contributed by atoms with Gasteiger partial charge in [-0.25, -0.2) is 19.1 Å². The Labute approximate surface area is 183 Å². The van der Waals surface area contributed by atoms with E-state index in [2.05, 4.69) is 10.3 Å². The van der Waals surface area contributed by atoms with Gasteiger partial charge in [-0.2, -0.15) is 0 Å². The molecule has 1 saturated carbocycles. The van der Waals surface area contributed by atoms with Crippen LogP contribution in [0.3, 0.4) is 0 Å². The Morgan fingerprint density at radius 1 is 1.10 bits per heavy atom. The Morgan fingerprint density at radius 2 is 1.80 bits per heavy atom. The van der Waals surface area contributed by atoms with Gasteiger partial charge in [-0.15, -0.1) is 0 Å². The first-order valence-corrected chi connectivity index (χ1v) is 10.4. The Kier molecular flexibility index (Phi) is 5.83. The Balaban J connectivity index is 1.67. The highest BCUT2D eigenvalue weighted by Gasteiger charge is 2.21. The van der Waals surface area contributed by atoms with Gasteiger partial charge in [0.25, 0.3) is 0 Å². The van der Waals surface area contributed by atoms with Crippen LogP contribution in [-0.2, 0) is 4.74 Å². The normalized spacial score (nSPS) is 14.6. The van der Waals surface area contributed by atoms with E-state index in [0.29, 0.717) is 32.3 Å². The second-order valence-electron chi connectivity index (χ2n) is 7.20. The number of primary amides is 1. The number of aromatic nitrogens is 2. The predicted octanol–water partition coefficient (Wildman–Crippen LogP) is 5.50. The summed E-state index contributed by atoms with van der Waals surface area (Å²) < 4.78 is 6.82. The standard InChI is InChI=1S/C21H20Cl2N4O3/c22-14-7-4-8-15(23)18(14)26-21-25-16-11-12(9-10-17(16)27(21)20(24)29)19(28)30-13-5-2-1-3-6-13/h4,7-11,13H,1-3,5-6H2,(H2,24,29)(H,25,26). The van der Waals surface area contributed by atoms with E-state index in [4.69, 9.17) is 33.7 Å². The molecule has 0 spiro atoms. The first-order valence-electron chi connectivity index (χ1n) is 9.68. The summed E-state index contributed by atoms with van der Waals surface area (Å²) in [6, 6.07) is 9.08. The van der Waals surface area contributed by atoms with Crippen LogP contribution >= 0.6 is 23.2 Å². The van der Waals surface area contributed by atoms with Gasteiger partial charge in [0.15, 0.2) is 0 Å².